The van der Waals surface area contributed by atoms with E-state index in [2.05, 4.69) is 42.3 Å². The summed E-state index contributed by atoms with van der Waals surface area (Å²) in [7, 11) is 0. The summed E-state index contributed by atoms with van der Waals surface area (Å²) in [4.78, 5) is 11.8. The van der Waals surface area contributed by atoms with E-state index < -0.39 is 0 Å². The fourth-order valence-corrected chi connectivity index (χ4v) is 2.20. The second kappa shape index (κ2) is 6.86. The third-order valence-corrected chi connectivity index (χ3v) is 3.50. The quantitative estimate of drug-likeness (QED) is 0.802. The van der Waals surface area contributed by atoms with Crippen molar-refractivity contribution in [2.75, 3.05) is 6.54 Å². The van der Waals surface area contributed by atoms with Gasteiger partial charge < -0.3 is 5.32 Å². The lowest BCUT2D eigenvalue weighted by atomic mass is 10.2. The first-order chi connectivity index (χ1) is 9.15. The Kier molecular flexibility index (Phi) is 5.15. The van der Waals surface area contributed by atoms with E-state index >= 15 is 0 Å². The molecule has 0 aliphatic heterocycles. The van der Waals surface area contributed by atoms with Gasteiger partial charge in [0.05, 0.1) is 10.7 Å². The molecule has 1 amide bonds. The van der Waals surface area contributed by atoms with E-state index in [0.29, 0.717) is 12.1 Å². The fraction of sp³-hybridized carbons (Fsp3) is 0.231. The van der Waals surface area contributed by atoms with Crippen molar-refractivity contribution < 1.29 is 4.79 Å². The number of aryl methyl sites for hydroxylation is 1. The van der Waals surface area contributed by atoms with Gasteiger partial charge >= 0.3 is 0 Å². The first-order valence-electron chi connectivity index (χ1n) is 5.87. The zero-order valence-electron chi connectivity index (χ0n) is 10.1. The maximum absolute atomic E-state index is 11.8. The van der Waals surface area contributed by atoms with Gasteiger partial charge in [0.2, 0.25) is 0 Å². The molecule has 0 spiro atoms. The van der Waals surface area contributed by atoms with Crippen LogP contribution in [-0.4, -0.2) is 22.2 Å². The minimum atomic E-state index is -0.0471. The predicted octanol–water partition coefficient (Wildman–Crippen LogP) is 3.23. The standard InChI is InChI=1S/C13H13Br2N3O/c14-11-4-2-10(3-5-11)13(19)16-6-1-7-18-9-12(15)8-17-18/h2-5,8-9H,1,6-7H2,(H,16,19). The Bertz CT molecular complexity index is 551. The van der Waals surface area contributed by atoms with E-state index in [9.17, 15) is 4.79 Å². The van der Waals surface area contributed by atoms with Crippen molar-refractivity contribution in [2.45, 2.75) is 13.0 Å². The molecule has 0 bridgehead atoms. The summed E-state index contributed by atoms with van der Waals surface area (Å²) in [5.41, 5.74) is 0.671. The minimum Gasteiger partial charge on any atom is -0.352 e. The van der Waals surface area contributed by atoms with Gasteiger partial charge in [-0.25, -0.2) is 0 Å². The molecule has 19 heavy (non-hydrogen) atoms. The number of nitrogens with one attached hydrogen (secondary N) is 1. The van der Waals surface area contributed by atoms with Crippen molar-refractivity contribution in [1.82, 2.24) is 15.1 Å². The molecule has 2 aromatic rings. The number of aromatic nitrogens is 2. The maximum Gasteiger partial charge on any atom is 0.251 e. The number of rotatable bonds is 5. The average Bonchev–Trinajstić information content (AvgIpc) is 2.81. The molecule has 4 nitrogen and oxygen atoms in total. The highest BCUT2D eigenvalue weighted by atomic mass is 79.9. The highest BCUT2D eigenvalue weighted by Gasteiger charge is 2.04. The normalized spacial score (nSPS) is 10.4. The topological polar surface area (TPSA) is 46.9 Å². The summed E-state index contributed by atoms with van der Waals surface area (Å²) in [5.74, 6) is -0.0471. The van der Waals surface area contributed by atoms with Crippen molar-refractivity contribution in [1.29, 1.82) is 0 Å². The molecule has 0 aliphatic rings. The zero-order chi connectivity index (χ0) is 13.7. The molecule has 0 radical (unpaired) electrons. The smallest absolute Gasteiger partial charge is 0.251 e. The van der Waals surface area contributed by atoms with Gasteiger partial charge in [0.25, 0.3) is 5.91 Å². The van der Waals surface area contributed by atoms with E-state index in [1.165, 1.54) is 0 Å². The molecule has 1 N–H and O–H groups in total. The predicted molar refractivity (Wildman–Crippen MR) is 81.0 cm³/mol. The van der Waals surface area contributed by atoms with E-state index in [4.69, 9.17) is 0 Å². The van der Waals surface area contributed by atoms with Gasteiger partial charge in [-0.1, -0.05) is 15.9 Å². The molecule has 100 valence electrons. The van der Waals surface area contributed by atoms with Gasteiger partial charge in [-0.15, -0.1) is 0 Å². The molecule has 0 saturated heterocycles. The molecule has 0 fully saturated rings. The summed E-state index contributed by atoms with van der Waals surface area (Å²) < 4.78 is 3.77. The number of hydrogen-bond acceptors (Lipinski definition) is 2. The second-order valence-corrected chi connectivity index (χ2v) is 5.87. The van der Waals surface area contributed by atoms with E-state index in [0.717, 1.165) is 21.9 Å². The van der Waals surface area contributed by atoms with Gasteiger partial charge in [-0.05, 0) is 46.6 Å². The summed E-state index contributed by atoms with van der Waals surface area (Å²) in [6.45, 7) is 1.42. The maximum atomic E-state index is 11.8. The van der Waals surface area contributed by atoms with E-state index in [1.807, 2.05) is 23.0 Å². The van der Waals surface area contributed by atoms with Gasteiger partial charge in [0.15, 0.2) is 0 Å². The van der Waals surface area contributed by atoms with E-state index in [-0.39, 0.29) is 5.91 Å². The zero-order valence-corrected chi connectivity index (χ0v) is 13.3. The van der Waals surface area contributed by atoms with Crippen LogP contribution >= 0.6 is 31.9 Å². The van der Waals surface area contributed by atoms with Crippen LogP contribution in [0.15, 0.2) is 45.6 Å². The number of carbonyl (C=O) groups is 1. The van der Waals surface area contributed by atoms with Crippen LogP contribution in [0.3, 0.4) is 0 Å². The second-order valence-electron chi connectivity index (χ2n) is 4.04. The van der Waals surface area contributed by atoms with Gasteiger partial charge in [-0.2, -0.15) is 5.10 Å². The monoisotopic (exact) mass is 385 g/mol. The Morgan fingerprint density at radius 3 is 2.58 bits per heavy atom. The largest absolute Gasteiger partial charge is 0.352 e. The Hall–Kier alpha value is -1.14. The van der Waals surface area contributed by atoms with Crippen LogP contribution in [0.4, 0.5) is 0 Å². The van der Waals surface area contributed by atoms with Crippen molar-refractivity contribution in [3.8, 4) is 0 Å². The fourth-order valence-electron chi connectivity index (χ4n) is 1.61. The molecule has 0 saturated carbocycles. The number of hydrogen-bond donors (Lipinski definition) is 1. The Morgan fingerprint density at radius 1 is 1.21 bits per heavy atom. The molecule has 1 aromatic heterocycles. The first kappa shape index (κ1) is 14.3. The van der Waals surface area contributed by atoms with Crippen molar-refractivity contribution >= 4 is 37.8 Å². The Balaban J connectivity index is 1.73. The van der Waals surface area contributed by atoms with Crippen molar-refractivity contribution in [3.63, 3.8) is 0 Å². The lowest BCUT2D eigenvalue weighted by molar-refractivity contribution is 0.0952. The van der Waals surface area contributed by atoms with E-state index in [1.54, 1.807) is 18.3 Å². The highest BCUT2D eigenvalue weighted by molar-refractivity contribution is 9.10. The third kappa shape index (κ3) is 4.47. The number of nitrogens with zero attached hydrogens (tertiary/aromatic N) is 2. The number of carbonyl (C=O) groups excluding carboxylic acids is 1. The lowest BCUT2D eigenvalue weighted by Gasteiger charge is -2.05. The molecule has 1 aromatic carbocycles. The molecule has 6 heteroatoms. The summed E-state index contributed by atoms with van der Waals surface area (Å²) in [6.07, 6.45) is 4.51. The summed E-state index contributed by atoms with van der Waals surface area (Å²) in [6, 6.07) is 7.31. The van der Waals surface area contributed by atoms with Crippen LogP contribution < -0.4 is 5.32 Å². The molecule has 0 atom stereocenters. The van der Waals surface area contributed by atoms with Crippen LogP contribution in [0, 0.1) is 0 Å². The van der Waals surface area contributed by atoms with Gasteiger partial charge in [-0.3, -0.25) is 9.48 Å². The van der Waals surface area contributed by atoms with Crippen LogP contribution in [-0.2, 0) is 6.54 Å². The summed E-state index contributed by atoms with van der Waals surface area (Å²) in [5, 5.41) is 7.04. The van der Waals surface area contributed by atoms with Crippen LogP contribution in [0.25, 0.3) is 0 Å². The number of benzene rings is 1. The average molecular weight is 387 g/mol. The van der Waals surface area contributed by atoms with Gasteiger partial charge in [0, 0.05) is 29.3 Å². The lowest BCUT2D eigenvalue weighted by Crippen LogP contribution is -2.25. The van der Waals surface area contributed by atoms with Gasteiger partial charge in [0.1, 0.15) is 0 Å². The first-order valence-corrected chi connectivity index (χ1v) is 7.45. The highest BCUT2D eigenvalue weighted by Crippen LogP contribution is 2.10. The number of amides is 1. The molecular weight excluding hydrogens is 374 g/mol. The third-order valence-electron chi connectivity index (χ3n) is 2.56. The van der Waals surface area contributed by atoms with Crippen LogP contribution in [0.2, 0.25) is 0 Å². The summed E-state index contributed by atoms with van der Waals surface area (Å²) >= 11 is 6.68. The molecule has 1 heterocycles. The minimum absolute atomic E-state index is 0.0471. The van der Waals surface area contributed by atoms with Crippen LogP contribution in [0.1, 0.15) is 16.8 Å². The molecule has 0 unspecified atom stereocenters. The Labute approximate surface area is 128 Å². The molecular formula is C13H13Br2N3O. The SMILES string of the molecule is O=C(NCCCn1cc(Br)cn1)c1ccc(Br)cc1. The number of halogens is 2. The molecule has 2 rings (SSSR count). The van der Waals surface area contributed by atoms with Crippen molar-refractivity contribution in [3.05, 3.63) is 51.2 Å². The molecule has 0 aliphatic carbocycles. The van der Waals surface area contributed by atoms with Crippen molar-refractivity contribution in [2.24, 2.45) is 0 Å². The Morgan fingerprint density at radius 2 is 1.95 bits per heavy atom. The van der Waals surface area contributed by atoms with Crippen LogP contribution in [0.5, 0.6) is 0 Å².